The van der Waals surface area contributed by atoms with E-state index in [4.69, 9.17) is 17.3 Å². The number of hydrogen-bond donors (Lipinski definition) is 1. The van der Waals surface area contributed by atoms with Crippen LogP contribution in [0.2, 0.25) is 5.02 Å². The molecule has 2 aromatic rings. The van der Waals surface area contributed by atoms with Crippen molar-refractivity contribution >= 4 is 17.5 Å². The van der Waals surface area contributed by atoms with Crippen LogP contribution in [-0.4, -0.2) is 9.55 Å². The molecule has 0 unspecified atom stereocenters. The fourth-order valence-corrected chi connectivity index (χ4v) is 1.89. The third-order valence-electron chi connectivity index (χ3n) is 2.40. The van der Waals surface area contributed by atoms with Crippen LogP contribution in [0.25, 0.3) is 11.3 Å². The number of rotatable bonds is 1. The molecule has 0 saturated heterocycles. The summed E-state index contributed by atoms with van der Waals surface area (Å²) in [4.78, 5) is 4.21. The maximum absolute atomic E-state index is 5.95. The van der Waals surface area contributed by atoms with E-state index in [9.17, 15) is 0 Å². The van der Waals surface area contributed by atoms with Gasteiger partial charge in [-0.3, -0.25) is 0 Å². The summed E-state index contributed by atoms with van der Waals surface area (Å²) in [5, 5.41) is 0.715. The van der Waals surface area contributed by atoms with Crippen molar-refractivity contribution in [2.45, 2.75) is 6.92 Å². The number of halogens is 1. The third-order valence-corrected chi connectivity index (χ3v) is 2.64. The van der Waals surface area contributed by atoms with Crippen LogP contribution < -0.4 is 5.73 Å². The Morgan fingerprint density at radius 3 is 2.67 bits per heavy atom. The van der Waals surface area contributed by atoms with Gasteiger partial charge in [-0.1, -0.05) is 23.7 Å². The molecule has 78 valence electrons. The van der Waals surface area contributed by atoms with Crippen molar-refractivity contribution < 1.29 is 0 Å². The summed E-state index contributed by atoms with van der Waals surface area (Å²) in [7, 11) is 1.89. The molecule has 0 saturated carbocycles. The average Bonchev–Trinajstić information content (AvgIpc) is 2.41. The predicted molar refractivity (Wildman–Crippen MR) is 62.8 cm³/mol. The maximum atomic E-state index is 5.95. The minimum Gasteiger partial charge on any atom is -0.369 e. The first-order chi connectivity index (χ1) is 7.09. The van der Waals surface area contributed by atoms with E-state index < -0.39 is 0 Å². The normalized spacial score (nSPS) is 10.6. The van der Waals surface area contributed by atoms with Gasteiger partial charge < -0.3 is 10.3 Å². The highest BCUT2D eigenvalue weighted by Crippen LogP contribution is 2.26. The first kappa shape index (κ1) is 10.1. The molecule has 0 aliphatic rings. The fraction of sp³-hybridized carbons (Fsp3) is 0.182. The number of hydrogen-bond acceptors (Lipinski definition) is 2. The Bertz CT molecular complexity index is 503. The van der Waals surface area contributed by atoms with Gasteiger partial charge in [0, 0.05) is 17.6 Å². The fourth-order valence-electron chi connectivity index (χ4n) is 1.70. The Morgan fingerprint density at radius 2 is 2.13 bits per heavy atom. The van der Waals surface area contributed by atoms with Gasteiger partial charge in [0.05, 0.1) is 11.4 Å². The molecule has 1 aromatic carbocycles. The van der Waals surface area contributed by atoms with Gasteiger partial charge in [-0.15, -0.1) is 0 Å². The van der Waals surface area contributed by atoms with Crippen molar-refractivity contribution in [3.8, 4) is 11.3 Å². The first-order valence-corrected chi connectivity index (χ1v) is 5.02. The van der Waals surface area contributed by atoms with Crippen LogP contribution in [0.1, 0.15) is 5.69 Å². The molecule has 1 heterocycles. The van der Waals surface area contributed by atoms with Crippen molar-refractivity contribution in [3.63, 3.8) is 0 Å². The lowest BCUT2D eigenvalue weighted by atomic mass is 10.1. The van der Waals surface area contributed by atoms with E-state index in [2.05, 4.69) is 4.98 Å². The Kier molecular flexibility index (Phi) is 2.40. The highest BCUT2D eigenvalue weighted by atomic mass is 35.5. The summed E-state index contributed by atoms with van der Waals surface area (Å²) < 4.78 is 1.86. The largest absolute Gasteiger partial charge is 0.369 e. The summed E-state index contributed by atoms with van der Waals surface area (Å²) in [5.74, 6) is 0.516. The highest BCUT2D eigenvalue weighted by Gasteiger charge is 2.10. The number of nitrogen functional groups attached to an aromatic ring is 1. The van der Waals surface area contributed by atoms with E-state index in [-0.39, 0.29) is 0 Å². The van der Waals surface area contributed by atoms with Gasteiger partial charge in [-0.05, 0) is 19.1 Å². The zero-order valence-electron chi connectivity index (χ0n) is 8.66. The smallest absolute Gasteiger partial charge is 0.200 e. The summed E-state index contributed by atoms with van der Waals surface area (Å²) in [6.07, 6.45) is 0. The second-order valence-electron chi connectivity index (χ2n) is 3.47. The lowest BCUT2D eigenvalue weighted by Crippen LogP contribution is -1.98. The SMILES string of the molecule is Cc1nc(N)n(C)c1-c1cccc(Cl)c1. The summed E-state index contributed by atoms with van der Waals surface area (Å²) in [6, 6.07) is 7.67. The molecule has 0 fully saturated rings. The predicted octanol–water partition coefficient (Wildman–Crippen LogP) is 2.63. The van der Waals surface area contributed by atoms with Crippen LogP contribution in [0.15, 0.2) is 24.3 Å². The van der Waals surface area contributed by atoms with Gasteiger partial charge >= 0.3 is 0 Å². The number of aromatic nitrogens is 2. The van der Waals surface area contributed by atoms with Crippen molar-refractivity contribution in [1.82, 2.24) is 9.55 Å². The number of aryl methyl sites for hydroxylation is 1. The van der Waals surface area contributed by atoms with Crippen molar-refractivity contribution in [3.05, 3.63) is 35.0 Å². The first-order valence-electron chi connectivity index (χ1n) is 4.64. The highest BCUT2D eigenvalue weighted by molar-refractivity contribution is 6.30. The van der Waals surface area contributed by atoms with E-state index in [1.807, 2.05) is 42.8 Å². The molecular weight excluding hydrogens is 210 g/mol. The van der Waals surface area contributed by atoms with E-state index in [0.29, 0.717) is 11.0 Å². The topological polar surface area (TPSA) is 43.8 Å². The van der Waals surface area contributed by atoms with E-state index in [0.717, 1.165) is 17.0 Å². The second kappa shape index (κ2) is 3.59. The molecule has 2 N–H and O–H groups in total. The lowest BCUT2D eigenvalue weighted by molar-refractivity contribution is 0.938. The number of benzene rings is 1. The molecule has 15 heavy (non-hydrogen) atoms. The molecular formula is C11H12ClN3. The lowest BCUT2D eigenvalue weighted by Gasteiger charge is -2.05. The van der Waals surface area contributed by atoms with Crippen LogP contribution >= 0.6 is 11.6 Å². The third kappa shape index (κ3) is 1.70. The molecule has 4 heteroatoms. The van der Waals surface area contributed by atoms with Crippen LogP contribution in [0.5, 0.6) is 0 Å². The Morgan fingerprint density at radius 1 is 1.40 bits per heavy atom. The Balaban J connectivity index is 2.63. The molecule has 0 atom stereocenters. The summed E-state index contributed by atoms with van der Waals surface area (Å²) in [5.41, 5.74) is 8.69. The van der Waals surface area contributed by atoms with Crippen LogP contribution in [0.4, 0.5) is 5.95 Å². The molecule has 0 aliphatic heterocycles. The molecule has 2 rings (SSSR count). The monoisotopic (exact) mass is 221 g/mol. The second-order valence-corrected chi connectivity index (χ2v) is 3.91. The van der Waals surface area contributed by atoms with Gasteiger partial charge in [-0.25, -0.2) is 4.98 Å². The quantitative estimate of drug-likeness (QED) is 0.805. The molecule has 3 nitrogen and oxygen atoms in total. The molecule has 0 amide bonds. The maximum Gasteiger partial charge on any atom is 0.200 e. The van der Waals surface area contributed by atoms with Gasteiger partial charge in [0.25, 0.3) is 0 Å². The summed E-state index contributed by atoms with van der Waals surface area (Å²) in [6.45, 7) is 1.94. The Hall–Kier alpha value is -1.48. The molecule has 0 bridgehead atoms. The number of anilines is 1. The molecule has 0 spiro atoms. The Labute approximate surface area is 93.5 Å². The van der Waals surface area contributed by atoms with Gasteiger partial charge in [0.15, 0.2) is 0 Å². The summed E-state index contributed by atoms with van der Waals surface area (Å²) >= 11 is 5.95. The van der Waals surface area contributed by atoms with Crippen LogP contribution in [-0.2, 0) is 7.05 Å². The van der Waals surface area contributed by atoms with Crippen molar-refractivity contribution in [2.75, 3.05) is 5.73 Å². The van der Waals surface area contributed by atoms with Gasteiger partial charge in [0.1, 0.15) is 0 Å². The molecule has 1 aromatic heterocycles. The van der Waals surface area contributed by atoms with Crippen molar-refractivity contribution in [1.29, 1.82) is 0 Å². The van der Waals surface area contributed by atoms with Crippen LogP contribution in [0.3, 0.4) is 0 Å². The minimum absolute atomic E-state index is 0.516. The van der Waals surface area contributed by atoms with Gasteiger partial charge in [0.2, 0.25) is 5.95 Å². The van der Waals surface area contributed by atoms with E-state index in [1.54, 1.807) is 0 Å². The van der Waals surface area contributed by atoms with Gasteiger partial charge in [-0.2, -0.15) is 0 Å². The molecule has 0 radical (unpaired) electrons. The number of imidazole rings is 1. The number of nitrogens with zero attached hydrogens (tertiary/aromatic N) is 2. The van der Waals surface area contributed by atoms with E-state index >= 15 is 0 Å². The minimum atomic E-state index is 0.516. The number of nitrogens with two attached hydrogens (primary N) is 1. The zero-order chi connectivity index (χ0) is 11.0. The average molecular weight is 222 g/mol. The van der Waals surface area contributed by atoms with E-state index in [1.165, 1.54) is 0 Å². The standard InChI is InChI=1S/C11H12ClN3/c1-7-10(15(2)11(13)14-7)8-4-3-5-9(12)6-8/h3-6H,1-2H3,(H2,13,14). The zero-order valence-corrected chi connectivity index (χ0v) is 9.42. The van der Waals surface area contributed by atoms with Crippen molar-refractivity contribution in [2.24, 2.45) is 7.05 Å². The molecule has 0 aliphatic carbocycles. The van der Waals surface area contributed by atoms with Crippen LogP contribution in [0, 0.1) is 6.92 Å².